The second-order valence-corrected chi connectivity index (χ2v) is 10.5. The summed E-state index contributed by atoms with van der Waals surface area (Å²) >= 11 is 0. The van der Waals surface area contributed by atoms with Crippen LogP contribution in [-0.4, -0.2) is 72.3 Å². The molecule has 0 saturated carbocycles. The Bertz CT molecular complexity index is 1260. The van der Waals surface area contributed by atoms with Crippen molar-refractivity contribution in [3.8, 4) is 11.6 Å². The number of fused-ring (bicyclic) bond motifs is 2. The molecule has 0 fully saturated rings. The van der Waals surface area contributed by atoms with Gasteiger partial charge in [0.25, 0.3) is 15.9 Å². The topological polar surface area (TPSA) is 172 Å². The standard InChI is InChI=1S/C22H29N5O8S/c1-13(28)12-34-21-20(17-5-3-4-8-26(17)25-21)36(32,33)27-11-16(10-23-14(2)29)35-19-7-6-15(9-18(19)27)24-22(30)31/h6-7,9,13,16,24,28H,3-5,8,10-12H2,1-2H3,(H,23,29)(H,30,31)/t13-,16+/m1/s1. The number of anilines is 2. The molecule has 4 N–H and O–H groups in total. The minimum Gasteiger partial charge on any atom is -0.484 e. The number of ether oxygens (including phenoxy) is 2. The van der Waals surface area contributed by atoms with Crippen LogP contribution in [0.2, 0.25) is 0 Å². The Morgan fingerprint density at radius 2 is 2.11 bits per heavy atom. The van der Waals surface area contributed by atoms with Crippen molar-refractivity contribution < 1.29 is 37.7 Å². The summed E-state index contributed by atoms with van der Waals surface area (Å²) < 4.78 is 42.7. The highest BCUT2D eigenvalue weighted by molar-refractivity contribution is 7.93. The summed E-state index contributed by atoms with van der Waals surface area (Å²) in [5.74, 6) is -0.179. The Kier molecular flexibility index (Phi) is 7.26. The number of aliphatic hydroxyl groups excluding tert-OH is 1. The van der Waals surface area contributed by atoms with Crippen molar-refractivity contribution in [1.82, 2.24) is 15.1 Å². The Hall–Kier alpha value is -3.52. The predicted molar refractivity (Wildman–Crippen MR) is 128 cm³/mol. The van der Waals surface area contributed by atoms with Gasteiger partial charge in [-0.3, -0.25) is 19.1 Å². The fraction of sp³-hybridized carbons (Fsp3) is 0.500. The lowest BCUT2D eigenvalue weighted by atomic mass is 10.1. The van der Waals surface area contributed by atoms with Crippen molar-refractivity contribution in [1.29, 1.82) is 0 Å². The van der Waals surface area contributed by atoms with E-state index in [9.17, 15) is 23.1 Å². The van der Waals surface area contributed by atoms with Crippen LogP contribution >= 0.6 is 0 Å². The number of nitrogens with one attached hydrogen (secondary N) is 2. The van der Waals surface area contributed by atoms with E-state index >= 15 is 0 Å². The summed E-state index contributed by atoms with van der Waals surface area (Å²) in [6.07, 6.45) is -0.747. The van der Waals surface area contributed by atoms with Crippen LogP contribution in [0.5, 0.6) is 11.6 Å². The van der Waals surface area contributed by atoms with E-state index in [4.69, 9.17) is 14.6 Å². The summed E-state index contributed by atoms with van der Waals surface area (Å²) in [6.45, 7) is 3.18. The van der Waals surface area contributed by atoms with Crippen molar-refractivity contribution in [2.45, 2.75) is 56.8 Å². The fourth-order valence-corrected chi connectivity index (χ4v) is 6.02. The first-order valence-electron chi connectivity index (χ1n) is 11.5. The zero-order chi connectivity index (χ0) is 26.0. The molecule has 0 unspecified atom stereocenters. The van der Waals surface area contributed by atoms with Crippen LogP contribution in [0, 0.1) is 0 Å². The lowest BCUT2D eigenvalue weighted by Gasteiger charge is -2.36. The summed E-state index contributed by atoms with van der Waals surface area (Å²) in [5, 5.41) is 28.1. The number of rotatable bonds is 8. The van der Waals surface area contributed by atoms with Crippen LogP contribution in [-0.2, 0) is 27.8 Å². The normalized spacial score (nSPS) is 17.9. The third kappa shape index (κ3) is 5.33. The molecule has 2 amide bonds. The number of carbonyl (C=O) groups excluding carboxylic acids is 1. The number of carbonyl (C=O) groups is 2. The second kappa shape index (κ2) is 10.2. The predicted octanol–water partition coefficient (Wildman–Crippen LogP) is 1.16. The molecule has 1 aromatic heterocycles. The van der Waals surface area contributed by atoms with Gasteiger partial charge in [-0.15, -0.1) is 5.10 Å². The first-order chi connectivity index (χ1) is 17.1. The first kappa shape index (κ1) is 25.6. The van der Waals surface area contributed by atoms with E-state index in [1.165, 1.54) is 32.0 Å². The van der Waals surface area contributed by atoms with Crippen LogP contribution in [0.15, 0.2) is 23.1 Å². The number of hydrogen-bond donors (Lipinski definition) is 4. The maximum absolute atomic E-state index is 14.2. The first-order valence-corrected chi connectivity index (χ1v) is 13.0. The smallest absolute Gasteiger partial charge is 0.409 e. The van der Waals surface area contributed by atoms with Crippen molar-refractivity contribution in [3.63, 3.8) is 0 Å². The molecule has 4 rings (SSSR count). The van der Waals surface area contributed by atoms with Crippen LogP contribution in [0.25, 0.3) is 0 Å². The van der Waals surface area contributed by atoms with Gasteiger partial charge in [0.1, 0.15) is 18.5 Å². The van der Waals surface area contributed by atoms with Crippen LogP contribution in [0.3, 0.4) is 0 Å². The Balaban J connectivity index is 1.81. The molecule has 0 bridgehead atoms. The molecule has 2 aliphatic heterocycles. The number of carboxylic acid groups (broad SMARTS) is 1. The number of aryl methyl sites for hydroxylation is 1. The minimum atomic E-state index is -4.29. The maximum Gasteiger partial charge on any atom is 0.409 e. The van der Waals surface area contributed by atoms with E-state index < -0.39 is 28.3 Å². The average Bonchev–Trinajstić information content (AvgIpc) is 3.20. The van der Waals surface area contributed by atoms with Crippen molar-refractivity contribution in [2.24, 2.45) is 0 Å². The molecular formula is C22H29N5O8S. The Morgan fingerprint density at radius 1 is 1.33 bits per heavy atom. The molecule has 36 heavy (non-hydrogen) atoms. The van der Waals surface area contributed by atoms with Crippen molar-refractivity contribution >= 4 is 33.4 Å². The van der Waals surface area contributed by atoms with E-state index in [0.29, 0.717) is 18.7 Å². The third-order valence-electron chi connectivity index (χ3n) is 5.74. The molecule has 2 atom stereocenters. The number of sulfonamides is 1. The quantitative estimate of drug-likeness (QED) is 0.396. The van der Waals surface area contributed by atoms with Gasteiger partial charge in [-0.2, -0.15) is 0 Å². The van der Waals surface area contributed by atoms with Gasteiger partial charge in [0.15, 0.2) is 4.90 Å². The highest BCUT2D eigenvalue weighted by atomic mass is 32.2. The van der Waals surface area contributed by atoms with Gasteiger partial charge in [0, 0.05) is 19.2 Å². The van der Waals surface area contributed by atoms with E-state index in [0.717, 1.165) is 17.1 Å². The van der Waals surface area contributed by atoms with Crippen LogP contribution < -0.4 is 24.4 Å². The second-order valence-electron chi connectivity index (χ2n) is 8.75. The highest BCUT2D eigenvalue weighted by Gasteiger charge is 2.40. The number of hydrogen-bond acceptors (Lipinski definition) is 8. The van der Waals surface area contributed by atoms with Crippen LogP contribution in [0.4, 0.5) is 16.2 Å². The molecule has 0 radical (unpaired) electrons. The Morgan fingerprint density at radius 3 is 2.81 bits per heavy atom. The molecule has 2 aliphatic rings. The zero-order valence-corrected chi connectivity index (χ0v) is 20.7. The molecule has 13 nitrogen and oxygen atoms in total. The van der Waals surface area contributed by atoms with Crippen molar-refractivity contribution in [3.05, 3.63) is 23.9 Å². The third-order valence-corrected chi connectivity index (χ3v) is 7.60. The average molecular weight is 524 g/mol. The minimum absolute atomic E-state index is 0.0629. The molecule has 14 heteroatoms. The van der Waals surface area contributed by atoms with Gasteiger partial charge in [-0.05, 0) is 44.4 Å². The van der Waals surface area contributed by atoms with E-state index in [1.807, 2.05) is 0 Å². The lowest BCUT2D eigenvalue weighted by molar-refractivity contribution is -0.119. The number of aromatic nitrogens is 2. The number of nitrogens with zero attached hydrogens (tertiary/aromatic N) is 3. The number of aliphatic hydroxyl groups is 1. The Labute approximate surface area is 208 Å². The SMILES string of the molecule is CC(=O)NC[C@H]1CN(S(=O)(=O)c2c(OC[C@@H](C)O)nn3c2CCCC3)c2cc(NC(=O)O)ccc2O1. The largest absolute Gasteiger partial charge is 0.484 e. The number of benzene rings is 1. The summed E-state index contributed by atoms with van der Waals surface area (Å²) in [7, 11) is -4.29. The van der Waals surface area contributed by atoms with E-state index in [-0.39, 0.29) is 53.5 Å². The molecule has 3 heterocycles. The van der Waals surface area contributed by atoms with Gasteiger partial charge < -0.3 is 25.0 Å². The zero-order valence-electron chi connectivity index (χ0n) is 19.9. The molecule has 1 aromatic carbocycles. The summed E-state index contributed by atoms with van der Waals surface area (Å²) in [4.78, 5) is 22.5. The van der Waals surface area contributed by atoms with Gasteiger partial charge >= 0.3 is 6.09 Å². The van der Waals surface area contributed by atoms with Crippen LogP contribution in [0.1, 0.15) is 32.4 Å². The molecule has 2 aromatic rings. The van der Waals surface area contributed by atoms with E-state index in [1.54, 1.807) is 4.68 Å². The van der Waals surface area contributed by atoms with Gasteiger partial charge in [0.2, 0.25) is 5.91 Å². The van der Waals surface area contributed by atoms with E-state index in [2.05, 4.69) is 15.7 Å². The van der Waals surface area contributed by atoms with Crippen molar-refractivity contribution in [2.75, 3.05) is 29.3 Å². The fourth-order valence-electron chi connectivity index (χ4n) is 4.21. The molecule has 196 valence electrons. The lowest BCUT2D eigenvalue weighted by Crippen LogP contribution is -2.48. The van der Waals surface area contributed by atoms with Gasteiger partial charge in [-0.25, -0.2) is 13.2 Å². The summed E-state index contributed by atoms with van der Waals surface area (Å²) in [5.41, 5.74) is 0.804. The molecular weight excluding hydrogens is 494 g/mol. The number of amides is 2. The summed E-state index contributed by atoms with van der Waals surface area (Å²) in [6, 6.07) is 4.31. The molecule has 0 spiro atoms. The maximum atomic E-state index is 14.2. The molecule has 0 aliphatic carbocycles. The van der Waals surface area contributed by atoms with Gasteiger partial charge in [0.05, 0.1) is 30.6 Å². The van der Waals surface area contributed by atoms with Gasteiger partial charge in [-0.1, -0.05) is 0 Å². The monoisotopic (exact) mass is 523 g/mol. The highest BCUT2D eigenvalue weighted by Crippen LogP contribution is 2.42. The molecule has 0 saturated heterocycles.